The average molecular weight is 418 g/mol. The Morgan fingerprint density at radius 3 is 1.55 bits per heavy atom. The van der Waals surface area contributed by atoms with Gasteiger partial charge in [-0.2, -0.15) is 0 Å². The van der Waals surface area contributed by atoms with Crippen molar-refractivity contribution in [1.29, 1.82) is 0 Å². The zero-order chi connectivity index (χ0) is 21.0. The van der Waals surface area contributed by atoms with Crippen LogP contribution >= 0.6 is 0 Å². The monoisotopic (exact) mass is 418 g/mol. The molecule has 5 nitrogen and oxygen atoms in total. The summed E-state index contributed by atoms with van der Waals surface area (Å²) in [6.45, 7) is 2.76. The minimum atomic E-state index is 0.142. The van der Waals surface area contributed by atoms with E-state index < -0.39 is 0 Å². The van der Waals surface area contributed by atoms with E-state index in [1.54, 1.807) is 0 Å². The summed E-state index contributed by atoms with van der Waals surface area (Å²) in [5.41, 5.74) is 3.76. The summed E-state index contributed by atoms with van der Waals surface area (Å²) in [6.07, 6.45) is 7.09. The van der Waals surface area contributed by atoms with Crippen molar-refractivity contribution in [3.63, 3.8) is 0 Å². The van der Waals surface area contributed by atoms with Crippen molar-refractivity contribution in [2.75, 3.05) is 26.4 Å². The van der Waals surface area contributed by atoms with Gasteiger partial charge in [0.25, 0.3) is 0 Å². The molecule has 160 valence electrons. The van der Waals surface area contributed by atoms with Gasteiger partial charge >= 0.3 is 0 Å². The lowest BCUT2D eigenvalue weighted by molar-refractivity contribution is -0.112. The molecule has 0 spiro atoms. The van der Waals surface area contributed by atoms with E-state index in [-0.39, 0.29) is 18.0 Å². The average Bonchev–Trinajstić information content (AvgIpc) is 3.70. The third-order valence-electron chi connectivity index (χ3n) is 5.59. The first kappa shape index (κ1) is 20.0. The zero-order valence-electron chi connectivity index (χ0n) is 17.4. The maximum absolute atomic E-state index is 13.0. The number of benzene rings is 2. The third-order valence-corrected chi connectivity index (χ3v) is 5.59. The Bertz CT molecular complexity index is 900. The number of rotatable bonds is 8. The molecule has 5 rings (SSSR count). The van der Waals surface area contributed by atoms with Crippen LogP contribution in [0.1, 0.15) is 30.4 Å². The second kappa shape index (κ2) is 9.08. The topological polar surface area (TPSA) is 60.6 Å². The molecule has 0 radical (unpaired) electrons. The maximum Gasteiger partial charge on any atom is 0.185 e. The number of allylic oxidation sites excluding steroid dienone is 2. The highest BCUT2D eigenvalue weighted by molar-refractivity contribution is 6.13. The molecule has 2 aromatic carbocycles. The minimum Gasteiger partial charge on any atom is -0.491 e. The summed E-state index contributed by atoms with van der Waals surface area (Å²) in [6, 6.07) is 15.7. The molecule has 0 bridgehead atoms. The van der Waals surface area contributed by atoms with Crippen LogP contribution in [-0.4, -0.2) is 44.4 Å². The molecule has 31 heavy (non-hydrogen) atoms. The Kier molecular flexibility index (Phi) is 5.87. The standard InChI is InChI=1S/C26H26O5/c27-26-20(12-18-4-8-22(9-5-18)28-14-24-16-30-24)2-1-3-21(26)13-19-6-10-23(11-7-19)29-15-25-17-31-25/h4-13,24-25H,1-3,14-17H2. The van der Waals surface area contributed by atoms with Crippen LogP contribution in [0, 0.1) is 0 Å². The molecule has 1 saturated carbocycles. The number of carbonyl (C=O) groups excluding carboxylic acids is 1. The highest BCUT2D eigenvalue weighted by Gasteiger charge is 2.24. The highest BCUT2D eigenvalue weighted by atomic mass is 16.6. The van der Waals surface area contributed by atoms with Crippen molar-refractivity contribution in [2.45, 2.75) is 31.5 Å². The molecule has 2 unspecified atom stereocenters. The first-order valence-corrected chi connectivity index (χ1v) is 10.9. The summed E-state index contributed by atoms with van der Waals surface area (Å²) < 4.78 is 21.7. The lowest BCUT2D eigenvalue weighted by atomic mass is 9.87. The number of Topliss-reactive ketones (excluding diaryl/α,β-unsaturated/α-hetero) is 1. The second-order valence-electron chi connectivity index (χ2n) is 8.19. The number of epoxide rings is 2. The molecular formula is C26H26O5. The van der Waals surface area contributed by atoms with Crippen LogP contribution in [0.5, 0.6) is 11.5 Å². The quantitative estimate of drug-likeness (QED) is 0.468. The smallest absolute Gasteiger partial charge is 0.185 e. The fourth-order valence-corrected chi connectivity index (χ4v) is 3.61. The van der Waals surface area contributed by atoms with Crippen LogP contribution in [-0.2, 0) is 14.3 Å². The second-order valence-corrected chi connectivity index (χ2v) is 8.19. The lowest BCUT2D eigenvalue weighted by Crippen LogP contribution is -2.12. The molecule has 2 aliphatic heterocycles. The van der Waals surface area contributed by atoms with Crippen molar-refractivity contribution < 1.29 is 23.7 Å². The molecule has 1 aliphatic carbocycles. The molecule has 2 aromatic rings. The van der Waals surface area contributed by atoms with Gasteiger partial charge in [0.2, 0.25) is 0 Å². The molecule has 2 atom stereocenters. The van der Waals surface area contributed by atoms with Crippen molar-refractivity contribution >= 4 is 17.9 Å². The van der Waals surface area contributed by atoms with Gasteiger partial charge in [0, 0.05) is 11.1 Å². The van der Waals surface area contributed by atoms with Crippen molar-refractivity contribution in [3.8, 4) is 11.5 Å². The molecule has 0 N–H and O–H groups in total. The SMILES string of the molecule is O=C1C(=Cc2ccc(OCC3CO3)cc2)CCCC1=Cc1ccc(OCC2CO2)cc1. The fourth-order valence-electron chi connectivity index (χ4n) is 3.61. The van der Waals surface area contributed by atoms with E-state index in [1.165, 1.54) is 0 Å². The lowest BCUT2D eigenvalue weighted by Gasteiger charge is -2.17. The normalized spacial score (nSPS) is 25.0. The zero-order valence-corrected chi connectivity index (χ0v) is 17.4. The van der Waals surface area contributed by atoms with Crippen LogP contribution in [0.4, 0.5) is 0 Å². The molecule has 3 aliphatic rings. The van der Waals surface area contributed by atoms with Gasteiger partial charge in [-0.05, 0) is 66.8 Å². The highest BCUT2D eigenvalue weighted by Crippen LogP contribution is 2.29. The molecule has 2 heterocycles. The molecule has 5 heteroatoms. The molecule has 2 saturated heterocycles. The summed E-state index contributed by atoms with van der Waals surface area (Å²) in [7, 11) is 0. The molecule has 0 amide bonds. The summed E-state index contributed by atoms with van der Waals surface area (Å²) >= 11 is 0. The van der Waals surface area contributed by atoms with E-state index >= 15 is 0 Å². The first-order valence-electron chi connectivity index (χ1n) is 10.9. The van der Waals surface area contributed by atoms with Crippen molar-refractivity contribution in [2.24, 2.45) is 0 Å². The van der Waals surface area contributed by atoms with E-state index in [4.69, 9.17) is 18.9 Å². The van der Waals surface area contributed by atoms with Gasteiger partial charge in [-0.1, -0.05) is 24.3 Å². The first-order chi connectivity index (χ1) is 15.2. The van der Waals surface area contributed by atoms with Crippen LogP contribution in [0.3, 0.4) is 0 Å². The van der Waals surface area contributed by atoms with E-state index in [2.05, 4.69) is 0 Å². The van der Waals surface area contributed by atoms with E-state index in [0.717, 1.165) is 66.2 Å². The molecule has 0 aromatic heterocycles. The van der Waals surface area contributed by atoms with Gasteiger partial charge < -0.3 is 18.9 Å². The fraction of sp³-hybridized carbons (Fsp3) is 0.346. The van der Waals surface area contributed by atoms with Crippen LogP contribution in [0.2, 0.25) is 0 Å². The molecular weight excluding hydrogens is 392 g/mol. The maximum atomic E-state index is 13.0. The largest absolute Gasteiger partial charge is 0.491 e. The Balaban J connectivity index is 1.23. The predicted molar refractivity (Wildman–Crippen MR) is 118 cm³/mol. The van der Waals surface area contributed by atoms with Gasteiger partial charge in [0.05, 0.1) is 13.2 Å². The van der Waals surface area contributed by atoms with Crippen LogP contribution in [0.15, 0.2) is 59.7 Å². The van der Waals surface area contributed by atoms with Gasteiger partial charge in [0.1, 0.15) is 36.9 Å². The van der Waals surface area contributed by atoms with Gasteiger partial charge in [-0.15, -0.1) is 0 Å². The molecule has 3 fully saturated rings. The summed E-state index contributed by atoms with van der Waals surface area (Å²) in [4.78, 5) is 13.0. The Labute approximate surface area is 182 Å². The van der Waals surface area contributed by atoms with Crippen LogP contribution in [0.25, 0.3) is 12.2 Å². The van der Waals surface area contributed by atoms with E-state index in [1.807, 2.05) is 60.7 Å². The van der Waals surface area contributed by atoms with Crippen molar-refractivity contribution in [1.82, 2.24) is 0 Å². The number of hydrogen-bond donors (Lipinski definition) is 0. The van der Waals surface area contributed by atoms with E-state index in [9.17, 15) is 4.79 Å². The predicted octanol–water partition coefficient (Wildman–Crippen LogP) is 4.46. The van der Waals surface area contributed by atoms with Gasteiger partial charge in [0.15, 0.2) is 5.78 Å². The number of hydrogen-bond acceptors (Lipinski definition) is 5. The van der Waals surface area contributed by atoms with E-state index in [0.29, 0.717) is 13.2 Å². The number of carbonyl (C=O) groups is 1. The Morgan fingerprint density at radius 2 is 1.16 bits per heavy atom. The third kappa shape index (κ3) is 5.63. The number of ketones is 1. The van der Waals surface area contributed by atoms with Crippen molar-refractivity contribution in [3.05, 3.63) is 70.8 Å². The van der Waals surface area contributed by atoms with Crippen LogP contribution < -0.4 is 9.47 Å². The summed E-state index contributed by atoms with van der Waals surface area (Å²) in [5, 5.41) is 0. The van der Waals surface area contributed by atoms with Gasteiger partial charge in [-0.25, -0.2) is 0 Å². The Hall–Kier alpha value is -2.89. The summed E-state index contributed by atoms with van der Waals surface area (Å²) in [5.74, 6) is 1.79. The van der Waals surface area contributed by atoms with Gasteiger partial charge in [-0.3, -0.25) is 4.79 Å². The number of ether oxygens (including phenoxy) is 4. The Morgan fingerprint density at radius 1 is 0.742 bits per heavy atom. The minimum absolute atomic E-state index is 0.142.